The van der Waals surface area contributed by atoms with Gasteiger partial charge in [0.15, 0.2) is 0 Å². The predicted molar refractivity (Wildman–Crippen MR) is 64.7 cm³/mol. The Kier molecular flexibility index (Phi) is 3.71. The van der Waals surface area contributed by atoms with Crippen LogP contribution in [0.2, 0.25) is 5.02 Å². The van der Waals surface area contributed by atoms with Gasteiger partial charge in [0.1, 0.15) is 5.82 Å². The standard InChI is InChI=1S/C13H16ClFO2/c1-9-7-13(16,5-6-17-9)8-10-3-2-4-11(14)12(10)15/h2-4,9,16H,5-8H2,1H3. The highest BCUT2D eigenvalue weighted by Gasteiger charge is 2.34. The van der Waals surface area contributed by atoms with Crippen LogP contribution in [0.15, 0.2) is 18.2 Å². The van der Waals surface area contributed by atoms with E-state index < -0.39 is 11.4 Å². The van der Waals surface area contributed by atoms with E-state index >= 15 is 0 Å². The molecule has 1 aliphatic rings. The normalized spacial score (nSPS) is 29.3. The van der Waals surface area contributed by atoms with Crippen LogP contribution >= 0.6 is 11.6 Å². The highest BCUT2D eigenvalue weighted by atomic mass is 35.5. The fraction of sp³-hybridized carbons (Fsp3) is 0.538. The molecule has 0 bridgehead atoms. The lowest BCUT2D eigenvalue weighted by molar-refractivity contribution is -0.0964. The van der Waals surface area contributed by atoms with Crippen LogP contribution in [-0.4, -0.2) is 23.4 Å². The fourth-order valence-corrected chi connectivity index (χ4v) is 2.54. The zero-order chi connectivity index (χ0) is 12.5. The first kappa shape index (κ1) is 12.8. The first-order valence-electron chi connectivity index (χ1n) is 5.77. The van der Waals surface area contributed by atoms with Gasteiger partial charge in [-0.15, -0.1) is 0 Å². The zero-order valence-corrected chi connectivity index (χ0v) is 10.5. The Morgan fingerprint density at radius 3 is 3.06 bits per heavy atom. The van der Waals surface area contributed by atoms with Crippen molar-refractivity contribution in [2.24, 2.45) is 0 Å². The number of rotatable bonds is 2. The molecule has 1 aromatic rings. The van der Waals surface area contributed by atoms with Crippen molar-refractivity contribution < 1.29 is 14.2 Å². The van der Waals surface area contributed by atoms with E-state index in [9.17, 15) is 9.50 Å². The van der Waals surface area contributed by atoms with Gasteiger partial charge >= 0.3 is 0 Å². The van der Waals surface area contributed by atoms with Gasteiger partial charge in [-0.25, -0.2) is 4.39 Å². The molecule has 0 radical (unpaired) electrons. The van der Waals surface area contributed by atoms with E-state index in [0.717, 1.165) is 0 Å². The van der Waals surface area contributed by atoms with Crippen LogP contribution in [0.1, 0.15) is 25.3 Å². The summed E-state index contributed by atoms with van der Waals surface area (Å²) in [5.41, 5.74) is -0.419. The van der Waals surface area contributed by atoms with E-state index in [-0.39, 0.29) is 17.5 Å². The quantitative estimate of drug-likeness (QED) is 0.884. The molecule has 94 valence electrons. The molecule has 0 saturated carbocycles. The minimum atomic E-state index is -0.886. The van der Waals surface area contributed by atoms with E-state index in [1.165, 1.54) is 6.07 Å². The first-order valence-corrected chi connectivity index (χ1v) is 6.15. The molecule has 2 nitrogen and oxygen atoms in total. The lowest BCUT2D eigenvalue weighted by Gasteiger charge is -2.35. The number of benzene rings is 1. The predicted octanol–water partition coefficient (Wildman–Crippen LogP) is 2.95. The summed E-state index contributed by atoms with van der Waals surface area (Å²) in [5.74, 6) is -0.429. The zero-order valence-electron chi connectivity index (χ0n) is 9.75. The maximum Gasteiger partial charge on any atom is 0.145 e. The molecule has 0 spiro atoms. The van der Waals surface area contributed by atoms with Crippen LogP contribution in [0, 0.1) is 5.82 Å². The van der Waals surface area contributed by atoms with Gasteiger partial charge in [-0.05, 0) is 25.0 Å². The minimum Gasteiger partial charge on any atom is -0.389 e. The van der Waals surface area contributed by atoms with E-state index in [4.69, 9.17) is 16.3 Å². The van der Waals surface area contributed by atoms with Gasteiger partial charge in [-0.3, -0.25) is 0 Å². The van der Waals surface area contributed by atoms with Gasteiger partial charge in [-0.1, -0.05) is 23.7 Å². The molecular formula is C13H16ClFO2. The van der Waals surface area contributed by atoms with E-state index in [0.29, 0.717) is 25.0 Å². The van der Waals surface area contributed by atoms with Gasteiger partial charge in [0.25, 0.3) is 0 Å². The van der Waals surface area contributed by atoms with Gasteiger partial charge in [0.05, 0.1) is 16.7 Å². The molecule has 0 aliphatic carbocycles. The molecule has 0 amide bonds. The second-order valence-electron chi connectivity index (χ2n) is 4.75. The molecule has 0 aromatic heterocycles. The molecule has 2 rings (SSSR count). The summed E-state index contributed by atoms with van der Waals surface area (Å²) in [6.45, 7) is 2.43. The van der Waals surface area contributed by atoms with E-state index in [1.807, 2.05) is 6.92 Å². The molecule has 1 heterocycles. The molecule has 1 fully saturated rings. The van der Waals surface area contributed by atoms with Gasteiger partial charge in [0.2, 0.25) is 0 Å². The maximum atomic E-state index is 13.7. The van der Waals surface area contributed by atoms with Crippen molar-refractivity contribution in [3.05, 3.63) is 34.6 Å². The van der Waals surface area contributed by atoms with Crippen molar-refractivity contribution in [2.45, 2.75) is 37.9 Å². The smallest absolute Gasteiger partial charge is 0.145 e. The minimum absolute atomic E-state index is 0.0102. The van der Waals surface area contributed by atoms with Crippen molar-refractivity contribution in [3.8, 4) is 0 Å². The number of hydrogen-bond donors (Lipinski definition) is 1. The van der Waals surface area contributed by atoms with Crippen molar-refractivity contribution in [1.82, 2.24) is 0 Å². The summed E-state index contributed by atoms with van der Waals surface area (Å²) in [7, 11) is 0. The Bertz CT molecular complexity index is 410. The van der Waals surface area contributed by atoms with Gasteiger partial charge in [-0.2, -0.15) is 0 Å². The number of halogens is 2. The second-order valence-corrected chi connectivity index (χ2v) is 5.16. The monoisotopic (exact) mass is 258 g/mol. The third-order valence-corrected chi connectivity index (χ3v) is 3.48. The molecule has 2 unspecified atom stereocenters. The molecular weight excluding hydrogens is 243 g/mol. The SMILES string of the molecule is CC1CC(O)(Cc2cccc(Cl)c2F)CCO1. The summed E-state index contributed by atoms with van der Waals surface area (Å²) >= 11 is 5.72. The molecule has 1 N–H and O–H groups in total. The van der Waals surface area contributed by atoms with Crippen molar-refractivity contribution >= 4 is 11.6 Å². The van der Waals surface area contributed by atoms with Crippen molar-refractivity contribution in [1.29, 1.82) is 0 Å². The van der Waals surface area contributed by atoms with Crippen LogP contribution in [0.5, 0.6) is 0 Å². The summed E-state index contributed by atoms with van der Waals surface area (Å²) < 4.78 is 19.1. The molecule has 4 heteroatoms. The first-order chi connectivity index (χ1) is 8.00. The van der Waals surface area contributed by atoms with Crippen LogP contribution in [-0.2, 0) is 11.2 Å². The van der Waals surface area contributed by atoms with Crippen LogP contribution in [0.3, 0.4) is 0 Å². The lowest BCUT2D eigenvalue weighted by Crippen LogP contribution is -2.41. The largest absolute Gasteiger partial charge is 0.389 e. The summed E-state index contributed by atoms with van der Waals surface area (Å²) in [5, 5.41) is 10.5. The Morgan fingerprint density at radius 1 is 1.59 bits per heavy atom. The Hall–Kier alpha value is -0.640. The third kappa shape index (κ3) is 2.97. The van der Waals surface area contributed by atoms with Crippen molar-refractivity contribution in [3.63, 3.8) is 0 Å². The van der Waals surface area contributed by atoms with Crippen LogP contribution < -0.4 is 0 Å². The van der Waals surface area contributed by atoms with E-state index in [2.05, 4.69) is 0 Å². The number of aliphatic hydroxyl groups is 1. The molecule has 1 saturated heterocycles. The third-order valence-electron chi connectivity index (χ3n) is 3.19. The topological polar surface area (TPSA) is 29.5 Å². The average molecular weight is 259 g/mol. The average Bonchev–Trinajstić information content (AvgIpc) is 2.24. The molecule has 1 aromatic carbocycles. The maximum absolute atomic E-state index is 13.7. The molecule has 17 heavy (non-hydrogen) atoms. The van der Waals surface area contributed by atoms with Gasteiger partial charge in [0, 0.05) is 19.4 Å². The van der Waals surface area contributed by atoms with Crippen LogP contribution in [0.4, 0.5) is 4.39 Å². The fourth-order valence-electron chi connectivity index (χ4n) is 2.35. The highest BCUT2D eigenvalue weighted by Crippen LogP contribution is 2.30. The van der Waals surface area contributed by atoms with Crippen molar-refractivity contribution in [2.75, 3.05) is 6.61 Å². The van der Waals surface area contributed by atoms with E-state index in [1.54, 1.807) is 12.1 Å². The Morgan fingerprint density at radius 2 is 2.35 bits per heavy atom. The summed E-state index contributed by atoms with van der Waals surface area (Å²) in [6.07, 6.45) is 1.35. The lowest BCUT2D eigenvalue weighted by atomic mass is 9.85. The van der Waals surface area contributed by atoms with Gasteiger partial charge < -0.3 is 9.84 Å². The summed E-state index contributed by atoms with van der Waals surface area (Å²) in [6, 6.07) is 4.88. The molecule has 1 aliphatic heterocycles. The Labute approximate surface area is 105 Å². The summed E-state index contributed by atoms with van der Waals surface area (Å²) in [4.78, 5) is 0. The second kappa shape index (κ2) is 4.92. The highest BCUT2D eigenvalue weighted by molar-refractivity contribution is 6.30. The number of hydrogen-bond acceptors (Lipinski definition) is 2. The molecule has 2 atom stereocenters. The number of ether oxygens (including phenoxy) is 1. The van der Waals surface area contributed by atoms with Crippen LogP contribution in [0.25, 0.3) is 0 Å². The Balaban J connectivity index is 2.17.